The van der Waals surface area contributed by atoms with E-state index in [-0.39, 0.29) is 16.4 Å². The fraction of sp³-hybridized carbons (Fsp3) is 0.182. The van der Waals surface area contributed by atoms with Crippen LogP contribution in [0.1, 0.15) is 11.1 Å². The van der Waals surface area contributed by atoms with E-state index in [4.69, 9.17) is 0 Å². The van der Waals surface area contributed by atoms with Crippen LogP contribution in [0.4, 0.5) is 5.69 Å². The van der Waals surface area contributed by atoms with Crippen molar-refractivity contribution in [1.29, 1.82) is 0 Å². The molecule has 0 radical (unpaired) electrons. The number of aromatic amines is 2. The smallest absolute Gasteiger partial charge is 0.283 e. The zero-order valence-electron chi connectivity index (χ0n) is 17.1. The molecule has 0 unspecified atom stereocenters. The first-order chi connectivity index (χ1) is 14.8. The first-order valence-electron chi connectivity index (χ1n) is 9.50. The van der Waals surface area contributed by atoms with E-state index in [2.05, 4.69) is 9.97 Å². The molecule has 0 aliphatic heterocycles. The summed E-state index contributed by atoms with van der Waals surface area (Å²) in [6.45, 7) is 0.790. The van der Waals surface area contributed by atoms with Crippen LogP contribution in [0.3, 0.4) is 0 Å². The van der Waals surface area contributed by atoms with Crippen LogP contribution in [-0.4, -0.2) is 46.2 Å². The average Bonchev–Trinajstić information content (AvgIpc) is 2.73. The van der Waals surface area contributed by atoms with Gasteiger partial charge in [0, 0.05) is 18.4 Å². The Kier molecular flexibility index (Phi) is 7.22. The van der Waals surface area contributed by atoms with Gasteiger partial charge in [0.05, 0.1) is 9.82 Å². The fourth-order valence-corrected chi connectivity index (χ4v) is 3.93. The van der Waals surface area contributed by atoms with Crippen LogP contribution >= 0.6 is 11.8 Å². The molecule has 0 bridgehead atoms. The summed E-state index contributed by atoms with van der Waals surface area (Å²) < 4.78 is 0. The SMILES string of the molecule is CN(C)CCSc1ccc(C=c2[nH]c(=O)c(=Cc3ccccc3)[nH]c2=O)cc1[N+](=O)[O-]. The Morgan fingerprint density at radius 1 is 0.968 bits per heavy atom. The van der Waals surface area contributed by atoms with E-state index in [9.17, 15) is 19.7 Å². The molecule has 0 saturated heterocycles. The van der Waals surface area contributed by atoms with Crippen LogP contribution in [0.2, 0.25) is 0 Å². The lowest BCUT2D eigenvalue weighted by Crippen LogP contribution is -2.46. The molecule has 0 spiro atoms. The topological polar surface area (TPSA) is 112 Å². The number of thioether (sulfide) groups is 1. The summed E-state index contributed by atoms with van der Waals surface area (Å²) in [5.74, 6) is 0.712. The Labute approximate surface area is 182 Å². The number of aromatic nitrogens is 2. The predicted octanol–water partition coefficient (Wildman–Crippen LogP) is 1.28. The fourth-order valence-electron chi connectivity index (χ4n) is 2.81. The number of H-pyrrole nitrogens is 2. The molecule has 9 heteroatoms. The van der Waals surface area contributed by atoms with Crippen molar-refractivity contribution in [2.75, 3.05) is 26.4 Å². The van der Waals surface area contributed by atoms with Crippen molar-refractivity contribution in [2.45, 2.75) is 4.90 Å². The van der Waals surface area contributed by atoms with Gasteiger partial charge in [-0.2, -0.15) is 0 Å². The summed E-state index contributed by atoms with van der Waals surface area (Å²) in [6.07, 6.45) is 3.00. The highest BCUT2D eigenvalue weighted by molar-refractivity contribution is 7.99. The molecule has 1 heterocycles. The standard InChI is InChI=1S/C22H22N4O4S/c1-25(2)10-11-31-20-9-8-16(14-19(20)26(29)30)13-18-22(28)23-17(21(27)24-18)12-15-6-4-3-5-7-15/h3-9,12-14H,10-11H2,1-2H3,(H,23,28)(H,24,27). The molecule has 2 aromatic carbocycles. The number of nitrogens with zero attached hydrogens (tertiary/aromatic N) is 2. The van der Waals surface area contributed by atoms with Gasteiger partial charge in [-0.05, 0) is 43.4 Å². The highest BCUT2D eigenvalue weighted by Crippen LogP contribution is 2.30. The molecule has 0 amide bonds. The Balaban J connectivity index is 1.98. The molecule has 0 saturated carbocycles. The van der Waals surface area contributed by atoms with Gasteiger partial charge in [0.2, 0.25) is 0 Å². The van der Waals surface area contributed by atoms with Gasteiger partial charge < -0.3 is 14.9 Å². The first-order valence-corrected chi connectivity index (χ1v) is 10.5. The van der Waals surface area contributed by atoms with Crippen LogP contribution in [0.15, 0.2) is 63.0 Å². The molecule has 1 aromatic heterocycles. The molecule has 31 heavy (non-hydrogen) atoms. The number of benzene rings is 2. The van der Waals surface area contributed by atoms with Crippen molar-refractivity contribution in [3.05, 3.63) is 101 Å². The lowest BCUT2D eigenvalue weighted by molar-refractivity contribution is -0.387. The summed E-state index contributed by atoms with van der Waals surface area (Å²) in [5, 5.41) is 11.7. The molecule has 160 valence electrons. The molecule has 0 aliphatic carbocycles. The van der Waals surface area contributed by atoms with E-state index < -0.39 is 16.0 Å². The van der Waals surface area contributed by atoms with Crippen molar-refractivity contribution < 1.29 is 4.92 Å². The third-order valence-electron chi connectivity index (χ3n) is 4.38. The van der Waals surface area contributed by atoms with Gasteiger partial charge in [0.15, 0.2) is 0 Å². The molecular formula is C22H22N4O4S. The monoisotopic (exact) mass is 438 g/mol. The molecule has 0 fully saturated rings. The maximum absolute atomic E-state index is 12.5. The Hall–Kier alpha value is -3.43. The minimum Gasteiger partial charge on any atom is -0.316 e. The van der Waals surface area contributed by atoms with Crippen LogP contribution < -0.4 is 21.8 Å². The summed E-state index contributed by atoms with van der Waals surface area (Å²) in [4.78, 5) is 43.6. The van der Waals surface area contributed by atoms with Gasteiger partial charge >= 0.3 is 0 Å². The minimum atomic E-state index is -0.492. The predicted molar refractivity (Wildman–Crippen MR) is 123 cm³/mol. The van der Waals surface area contributed by atoms with Gasteiger partial charge in [0.1, 0.15) is 10.7 Å². The van der Waals surface area contributed by atoms with Crippen LogP contribution in [0, 0.1) is 10.1 Å². The normalized spacial score (nSPS) is 12.5. The lowest BCUT2D eigenvalue weighted by atomic mass is 10.2. The van der Waals surface area contributed by atoms with Crippen LogP contribution in [0.25, 0.3) is 12.2 Å². The molecule has 8 nitrogen and oxygen atoms in total. The third kappa shape index (κ3) is 6.03. The van der Waals surface area contributed by atoms with Crippen LogP contribution in [-0.2, 0) is 0 Å². The second kappa shape index (κ2) is 10.1. The summed E-state index contributed by atoms with van der Waals surface area (Å²) in [6, 6.07) is 13.9. The minimum absolute atomic E-state index is 0.0255. The Morgan fingerprint density at radius 3 is 2.16 bits per heavy atom. The van der Waals surface area contributed by atoms with Gasteiger partial charge in [-0.15, -0.1) is 11.8 Å². The molecule has 3 rings (SSSR count). The number of nitrogens with one attached hydrogen (secondary N) is 2. The van der Waals surface area contributed by atoms with Crippen LogP contribution in [0.5, 0.6) is 0 Å². The Bertz CT molecular complexity index is 1310. The summed E-state index contributed by atoms with van der Waals surface area (Å²) in [5.41, 5.74) is 0.238. The lowest BCUT2D eigenvalue weighted by Gasteiger charge is -2.09. The van der Waals surface area contributed by atoms with Crippen molar-refractivity contribution in [3.8, 4) is 0 Å². The van der Waals surface area contributed by atoms with Crippen molar-refractivity contribution in [2.24, 2.45) is 0 Å². The number of nitro groups is 1. The molecule has 0 atom stereocenters. The third-order valence-corrected chi connectivity index (χ3v) is 5.43. The summed E-state index contributed by atoms with van der Waals surface area (Å²) in [7, 11) is 3.88. The zero-order valence-corrected chi connectivity index (χ0v) is 17.9. The quantitative estimate of drug-likeness (QED) is 0.327. The second-order valence-corrected chi connectivity index (χ2v) is 8.21. The maximum Gasteiger partial charge on any atom is 0.283 e. The van der Waals surface area contributed by atoms with Crippen molar-refractivity contribution in [3.63, 3.8) is 0 Å². The van der Waals surface area contributed by atoms with E-state index in [0.717, 1.165) is 12.1 Å². The van der Waals surface area contributed by atoms with Gasteiger partial charge in [-0.25, -0.2) is 0 Å². The summed E-state index contributed by atoms with van der Waals surface area (Å²) >= 11 is 1.40. The Morgan fingerprint density at radius 2 is 1.58 bits per heavy atom. The molecular weight excluding hydrogens is 416 g/mol. The number of hydrogen-bond acceptors (Lipinski definition) is 6. The maximum atomic E-state index is 12.5. The van der Waals surface area contributed by atoms with Gasteiger partial charge in [0.25, 0.3) is 16.8 Å². The zero-order chi connectivity index (χ0) is 22.4. The highest BCUT2D eigenvalue weighted by atomic mass is 32.2. The van der Waals surface area contributed by atoms with Gasteiger partial charge in [-0.1, -0.05) is 36.4 Å². The van der Waals surface area contributed by atoms with E-state index in [1.165, 1.54) is 23.9 Å². The number of rotatable bonds is 7. The molecule has 3 aromatic rings. The van der Waals surface area contributed by atoms with Gasteiger partial charge in [-0.3, -0.25) is 19.7 Å². The first kappa shape index (κ1) is 22.3. The van der Waals surface area contributed by atoms with E-state index in [0.29, 0.717) is 16.2 Å². The van der Waals surface area contributed by atoms with Crippen molar-refractivity contribution >= 4 is 29.6 Å². The number of hydrogen-bond donors (Lipinski definition) is 2. The number of nitro benzene ring substituents is 1. The largest absolute Gasteiger partial charge is 0.316 e. The van der Waals surface area contributed by atoms with E-state index in [1.807, 2.05) is 49.3 Å². The van der Waals surface area contributed by atoms with E-state index >= 15 is 0 Å². The molecule has 0 aliphatic rings. The van der Waals surface area contributed by atoms with E-state index in [1.54, 1.807) is 18.2 Å². The highest BCUT2D eigenvalue weighted by Gasteiger charge is 2.14. The van der Waals surface area contributed by atoms with Crippen molar-refractivity contribution in [1.82, 2.24) is 14.9 Å². The second-order valence-electron chi connectivity index (χ2n) is 7.07. The molecule has 2 N–H and O–H groups in total. The average molecular weight is 439 g/mol.